The van der Waals surface area contributed by atoms with Crippen molar-refractivity contribution in [3.05, 3.63) is 36.5 Å². The lowest BCUT2D eigenvalue weighted by Gasteiger charge is -2.20. The molecule has 0 aliphatic heterocycles. The number of ether oxygens (including phenoxy) is 1. The maximum Gasteiger partial charge on any atom is 0.305 e. The highest BCUT2D eigenvalue weighted by atomic mass is 16.5. The van der Waals surface area contributed by atoms with Gasteiger partial charge in [0, 0.05) is 12.8 Å². The molecule has 2 atom stereocenters. The van der Waals surface area contributed by atoms with Crippen LogP contribution in [0.25, 0.3) is 0 Å². The molecule has 0 aromatic rings. The Labute approximate surface area is 366 Å². The Hall–Kier alpha value is -1.92. The van der Waals surface area contributed by atoms with Gasteiger partial charge in [-0.2, -0.15) is 0 Å². The van der Waals surface area contributed by atoms with Gasteiger partial charge in [-0.1, -0.05) is 224 Å². The van der Waals surface area contributed by atoms with Crippen LogP contribution < -0.4 is 5.32 Å². The zero-order valence-corrected chi connectivity index (χ0v) is 39.2. The molecule has 0 rings (SSSR count). The van der Waals surface area contributed by atoms with Crippen molar-refractivity contribution in [1.82, 2.24) is 5.32 Å². The summed E-state index contributed by atoms with van der Waals surface area (Å²) in [6.07, 6.45) is 58.5. The molecular weight excluding hydrogens is 731 g/mol. The number of carbonyl (C=O) groups excluding carboxylic acids is 2. The first-order valence-electron chi connectivity index (χ1n) is 25.8. The Morgan fingerprint density at radius 2 is 0.847 bits per heavy atom. The molecule has 0 heterocycles. The largest absolute Gasteiger partial charge is 0.466 e. The number of rotatable bonds is 47. The molecule has 0 radical (unpaired) electrons. The summed E-state index contributed by atoms with van der Waals surface area (Å²) in [7, 11) is 0. The second kappa shape index (κ2) is 48.7. The third kappa shape index (κ3) is 45.4. The molecule has 0 bridgehead atoms. The Balaban J connectivity index is 3.47. The monoisotopic (exact) mass is 830 g/mol. The first kappa shape index (κ1) is 57.1. The van der Waals surface area contributed by atoms with E-state index in [1.807, 2.05) is 6.08 Å². The minimum absolute atomic E-state index is 0.0153. The predicted molar refractivity (Wildman–Crippen MR) is 255 cm³/mol. The van der Waals surface area contributed by atoms with Gasteiger partial charge in [0.2, 0.25) is 5.91 Å². The number of carbonyl (C=O) groups is 2. The van der Waals surface area contributed by atoms with E-state index in [1.165, 1.54) is 173 Å². The maximum absolute atomic E-state index is 12.4. The zero-order valence-electron chi connectivity index (χ0n) is 39.2. The van der Waals surface area contributed by atoms with Crippen molar-refractivity contribution in [2.75, 3.05) is 13.2 Å². The van der Waals surface area contributed by atoms with Crippen molar-refractivity contribution in [1.29, 1.82) is 0 Å². The lowest BCUT2D eigenvalue weighted by Crippen LogP contribution is -2.45. The summed E-state index contributed by atoms with van der Waals surface area (Å²) in [5, 5.41) is 23.0. The summed E-state index contributed by atoms with van der Waals surface area (Å²) in [5.41, 5.74) is 0. The Kier molecular flexibility index (Phi) is 47.2. The van der Waals surface area contributed by atoms with E-state index in [0.717, 1.165) is 64.2 Å². The summed E-state index contributed by atoms with van der Waals surface area (Å²) in [4.78, 5) is 24.4. The van der Waals surface area contributed by atoms with Crippen molar-refractivity contribution in [2.24, 2.45) is 0 Å². The fourth-order valence-corrected chi connectivity index (χ4v) is 7.66. The number of hydrogen-bond donors (Lipinski definition) is 3. The molecule has 0 aliphatic rings. The fourth-order valence-electron chi connectivity index (χ4n) is 7.66. The molecule has 2 unspecified atom stereocenters. The van der Waals surface area contributed by atoms with E-state index in [1.54, 1.807) is 6.08 Å². The van der Waals surface area contributed by atoms with Crippen LogP contribution in [0.5, 0.6) is 0 Å². The first-order chi connectivity index (χ1) is 29.0. The van der Waals surface area contributed by atoms with Crippen LogP contribution in [-0.4, -0.2) is 47.4 Å². The Bertz CT molecular complexity index is 962. The molecule has 6 nitrogen and oxygen atoms in total. The zero-order chi connectivity index (χ0) is 43.0. The van der Waals surface area contributed by atoms with Crippen molar-refractivity contribution in [2.45, 2.75) is 276 Å². The molecule has 0 aromatic heterocycles. The van der Waals surface area contributed by atoms with Gasteiger partial charge >= 0.3 is 5.97 Å². The summed E-state index contributed by atoms with van der Waals surface area (Å²) in [6, 6.07) is -0.637. The third-order valence-electron chi connectivity index (χ3n) is 11.7. The molecule has 3 N–H and O–H groups in total. The molecule has 1 amide bonds. The number of aliphatic hydroxyl groups excluding tert-OH is 2. The van der Waals surface area contributed by atoms with Crippen LogP contribution in [0.1, 0.15) is 264 Å². The van der Waals surface area contributed by atoms with E-state index in [4.69, 9.17) is 4.74 Å². The fraction of sp³-hybridized carbons (Fsp3) is 0.849. The van der Waals surface area contributed by atoms with Gasteiger partial charge in [-0.3, -0.25) is 9.59 Å². The van der Waals surface area contributed by atoms with E-state index < -0.39 is 12.1 Å². The van der Waals surface area contributed by atoms with Crippen molar-refractivity contribution in [3.63, 3.8) is 0 Å². The van der Waals surface area contributed by atoms with E-state index in [2.05, 4.69) is 43.5 Å². The van der Waals surface area contributed by atoms with E-state index in [9.17, 15) is 19.8 Å². The molecule has 346 valence electrons. The summed E-state index contributed by atoms with van der Waals surface area (Å²) < 4.78 is 5.46. The molecule has 6 heteroatoms. The topological polar surface area (TPSA) is 95.9 Å². The van der Waals surface area contributed by atoms with Crippen molar-refractivity contribution in [3.8, 4) is 0 Å². The molecule has 0 saturated heterocycles. The van der Waals surface area contributed by atoms with Gasteiger partial charge < -0.3 is 20.3 Å². The van der Waals surface area contributed by atoms with Gasteiger partial charge in [0.1, 0.15) is 0 Å². The number of allylic oxidation sites excluding steroid dienone is 5. The lowest BCUT2D eigenvalue weighted by atomic mass is 10.0. The van der Waals surface area contributed by atoms with Gasteiger partial charge in [0.15, 0.2) is 0 Å². The SMILES string of the molecule is CCCCC/C=C\C/C=C\CCCCCCCCCC(=O)OCCCCCCCCCCCCCCCC(=O)NC(CO)C(O)/C=C/CCCCCCCCCCCC. The minimum atomic E-state index is -0.852. The molecule has 0 aliphatic carbocycles. The van der Waals surface area contributed by atoms with Crippen LogP contribution in [0.2, 0.25) is 0 Å². The van der Waals surface area contributed by atoms with Crippen LogP contribution >= 0.6 is 0 Å². The molecule has 59 heavy (non-hydrogen) atoms. The van der Waals surface area contributed by atoms with E-state index >= 15 is 0 Å². The smallest absolute Gasteiger partial charge is 0.305 e. The third-order valence-corrected chi connectivity index (χ3v) is 11.7. The van der Waals surface area contributed by atoms with Gasteiger partial charge in [-0.05, 0) is 64.2 Å². The highest BCUT2D eigenvalue weighted by Gasteiger charge is 2.18. The second-order valence-corrected chi connectivity index (χ2v) is 17.5. The maximum atomic E-state index is 12.4. The number of hydrogen-bond acceptors (Lipinski definition) is 5. The summed E-state index contributed by atoms with van der Waals surface area (Å²) in [5.74, 6) is -0.0980. The van der Waals surface area contributed by atoms with Gasteiger partial charge in [-0.15, -0.1) is 0 Å². The highest BCUT2D eigenvalue weighted by molar-refractivity contribution is 5.76. The van der Waals surface area contributed by atoms with E-state index in [0.29, 0.717) is 19.4 Å². The Morgan fingerprint density at radius 1 is 0.475 bits per heavy atom. The van der Waals surface area contributed by atoms with Crippen LogP contribution in [0.4, 0.5) is 0 Å². The van der Waals surface area contributed by atoms with Crippen molar-refractivity contribution < 1.29 is 24.5 Å². The number of nitrogens with one attached hydrogen (secondary N) is 1. The number of esters is 1. The number of aliphatic hydroxyl groups is 2. The van der Waals surface area contributed by atoms with Crippen LogP contribution in [0, 0.1) is 0 Å². The molecule has 0 spiro atoms. The lowest BCUT2D eigenvalue weighted by molar-refractivity contribution is -0.143. The molecular formula is C53H99NO5. The summed E-state index contributed by atoms with van der Waals surface area (Å²) >= 11 is 0. The van der Waals surface area contributed by atoms with Crippen LogP contribution in [0.3, 0.4) is 0 Å². The molecule has 0 fully saturated rings. The van der Waals surface area contributed by atoms with Crippen LogP contribution in [0.15, 0.2) is 36.5 Å². The van der Waals surface area contributed by atoms with E-state index in [-0.39, 0.29) is 18.5 Å². The standard InChI is InChI=1S/C53H99NO5/c1-3-5-7-9-11-13-15-17-18-19-20-23-27-31-35-39-43-47-53(58)59-48-44-40-36-32-28-24-21-22-26-30-34-38-42-46-52(57)54-50(49-55)51(56)45-41-37-33-29-25-16-14-12-10-8-6-4-2/h11,13,17-18,41,45,50-51,55-56H,3-10,12,14-16,19-40,42-44,46-49H2,1-2H3,(H,54,57)/b13-11-,18-17-,45-41+. The van der Waals surface area contributed by atoms with Crippen LogP contribution in [-0.2, 0) is 14.3 Å². The normalized spacial score (nSPS) is 12.9. The van der Waals surface area contributed by atoms with Gasteiger partial charge in [0.05, 0.1) is 25.4 Å². The minimum Gasteiger partial charge on any atom is -0.466 e. The Morgan fingerprint density at radius 3 is 1.32 bits per heavy atom. The number of unbranched alkanes of at least 4 members (excludes halogenated alkanes) is 32. The van der Waals surface area contributed by atoms with Crippen molar-refractivity contribution >= 4 is 11.9 Å². The average molecular weight is 830 g/mol. The second-order valence-electron chi connectivity index (χ2n) is 17.5. The quantitative estimate of drug-likeness (QED) is 0.0323. The predicted octanol–water partition coefficient (Wildman–Crippen LogP) is 15.3. The average Bonchev–Trinajstić information content (AvgIpc) is 3.24. The number of amides is 1. The molecule has 0 aromatic carbocycles. The van der Waals surface area contributed by atoms with Gasteiger partial charge in [-0.25, -0.2) is 0 Å². The molecule has 0 saturated carbocycles. The highest BCUT2D eigenvalue weighted by Crippen LogP contribution is 2.15. The van der Waals surface area contributed by atoms with Gasteiger partial charge in [0.25, 0.3) is 0 Å². The summed E-state index contributed by atoms with van der Waals surface area (Å²) in [6.45, 7) is 4.83. The first-order valence-corrected chi connectivity index (χ1v) is 25.8.